The molecule has 4 heterocycles. The quantitative estimate of drug-likeness (QED) is 0.926. The SMILES string of the molecule is O=C(NC1[C@@H]2CC3C[C@@H]1CN(C3)C2)c1cc2ccccc2cn1. The Morgan fingerprint density at radius 1 is 1.09 bits per heavy atom. The number of carbonyl (C=O) groups excluding carboxylic acids is 1. The van der Waals surface area contributed by atoms with E-state index >= 15 is 0 Å². The highest BCUT2D eigenvalue weighted by molar-refractivity contribution is 5.96. The molecule has 0 unspecified atom stereocenters. The number of benzene rings is 1. The maximum absolute atomic E-state index is 12.7. The molecule has 4 bridgehead atoms. The highest BCUT2D eigenvalue weighted by atomic mass is 16.1. The van der Waals surface area contributed by atoms with Crippen molar-refractivity contribution in [3.63, 3.8) is 0 Å². The average molecular weight is 307 g/mol. The van der Waals surface area contributed by atoms with Gasteiger partial charge in [0.1, 0.15) is 5.69 Å². The Kier molecular flexibility index (Phi) is 2.95. The number of aromatic nitrogens is 1. The van der Waals surface area contributed by atoms with Gasteiger partial charge in [0.15, 0.2) is 0 Å². The number of fused-ring (bicyclic) bond motifs is 1. The third-order valence-corrected chi connectivity index (χ3v) is 5.95. The molecular weight excluding hydrogens is 286 g/mol. The van der Waals surface area contributed by atoms with Crippen LogP contribution < -0.4 is 5.32 Å². The minimum Gasteiger partial charge on any atom is -0.347 e. The standard InChI is InChI=1S/C19H21N3O/c23-19(17-7-13-3-1-2-4-14(13)8-20-17)21-18-15-5-12-6-16(18)11-22(9-12)10-15/h1-4,7-8,12,15-16,18H,5-6,9-11H2,(H,21,23)/t12?,15-,16-,18?/m1/s1. The van der Waals surface area contributed by atoms with E-state index in [1.165, 1.54) is 19.4 Å². The fraction of sp³-hybridized carbons (Fsp3) is 0.474. The van der Waals surface area contributed by atoms with Crippen molar-refractivity contribution in [1.29, 1.82) is 0 Å². The van der Waals surface area contributed by atoms with E-state index in [9.17, 15) is 4.79 Å². The van der Waals surface area contributed by atoms with Crippen molar-refractivity contribution in [1.82, 2.24) is 15.2 Å². The Bertz CT molecular complexity index is 744. The first kappa shape index (κ1) is 13.5. The van der Waals surface area contributed by atoms with E-state index in [0.29, 0.717) is 23.6 Å². The molecular formula is C19H21N3O. The van der Waals surface area contributed by atoms with Crippen molar-refractivity contribution in [2.24, 2.45) is 17.8 Å². The van der Waals surface area contributed by atoms with Crippen LogP contribution in [0, 0.1) is 17.8 Å². The van der Waals surface area contributed by atoms with Crippen LogP contribution in [0.2, 0.25) is 0 Å². The van der Waals surface area contributed by atoms with Crippen LogP contribution in [-0.4, -0.2) is 41.5 Å². The summed E-state index contributed by atoms with van der Waals surface area (Å²) in [5.41, 5.74) is 0.540. The zero-order valence-electron chi connectivity index (χ0n) is 13.1. The lowest BCUT2D eigenvalue weighted by Crippen LogP contribution is -2.64. The second-order valence-electron chi connectivity index (χ2n) is 7.49. The highest BCUT2D eigenvalue weighted by Gasteiger charge is 2.47. The van der Waals surface area contributed by atoms with E-state index < -0.39 is 0 Å². The van der Waals surface area contributed by atoms with Crippen LogP contribution in [0.3, 0.4) is 0 Å². The lowest BCUT2D eigenvalue weighted by Gasteiger charge is -2.55. The molecule has 1 aromatic heterocycles. The molecule has 1 N–H and O–H groups in total. The molecule has 0 radical (unpaired) electrons. The van der Waals surface area contributed by atoms with E-state index in [1.54, 1.807) is 6.20 Å². The van der Waals surface area contributed by atoms with Crippen molar-refractivity contribution in [3.8, 4) is 0 Å². The van der Waals surface area contributed by atoms with Gasteiger partial charge in [-0.15, -0.1) is 0 Å². The van der Waals surface area contributed by atoms with Gasteiger partial charge in [-0.2, -0.15) is 0 Å². The van der Waals surface area contributed by atoms with Crippen LogP contribution in [0.15, 0.2) is 36.5 Å². The molecule has 1 saturated carbocycles. The monoisotopic (exact) mass is 307 g/mol. The van der Waals surface area contributed by atoms with Crippen molar-refractivity contribution in [2.45, 2.75) is 18.9 Å². The number of hydrogen-bond donors (Lipinski definition) is 1. The molecule has 4 fully saturated rings. The number of pyridine rings is 1. The topological polar surface area (TPSA) is 45.2 Å². The molecule has 4 nitrogen and oxygen atoms in total. The number of amides is 1. The Hall–Kier alpha value is -1.94. The van der Waals surface area contributed by atoms with Crippen molar-refractivity contribution in [3.05, 3.63) is 42.2 Å². The lowest BCUT2D eigenvalue weighted by molar-refractivity contribution is -0.0419. The molecule has 3 saturated heterocycles. The summed E-state index contributed by atoms with van der Waals surface area (Å²) in [5.74, 6) is 2.11. The van der Waals surface area contributed by atoms with Crippen molar-refractivity contribution in [2.75, 3.05) is 19.6 Å². The molecule has 4 heteroatoms. The number of hydrogen-bond acceptors (Lipinski definition) is 3. The van der Waals surface area contributed by atoms with Gasteiger partial charge in [0.05, 0.1) is 0 Å². The normalized spacial score (nSPS) is 34.7. The van der Waals surface area contributed by atoms with Gasteiger partial charge < -0.3 is 10.2 Å². The minimum absolute atomic E-state index is 0.0109. The highest BCUT2D eigenvalue weighted by Crippen LogP contribution is 2.43. The smallest absolute Gasteiger partial charge is 0.270 e. The zero-order chi connectivity index (χ0) is 15.4. The van der Waals surface area contributed by atoms with Gasteiger partial charge in [-0.05, 0) is 42.0 Å². The first-order chi connectivity index (χ1) is 11.3. The van der Waals surface area contributed by atoms with Crippen LogP contribution in [0.1, 0.15) is 23.3 Å². The summed E-state index contributed by atoms with van der Waals surface area (Å²) in [7, 11) is 0. The molecule has 1 amide bonds. The van der Waals surface area contributed by atoms with Gasteiger partial charge >= 0.3 is 0 Å². The number of nitrogens with one attached hydrogen (secondary N) is 1. The van der Waals surface area contributed by atoms with Crippen LogP contribution in [0.5, 0.6) is 0 Å². The zero-order valence-corrected chi connectivity index (χ0v) is 13.1. The van der Waals surface area contributed by atoms with Crippen LogP contribution in [-0.2, 0) is 0 Å². The summed E-state index contributed by atoms with van der Waals surface area (Å²) in [6, 6.07) is 10.3. The Morgan fingerprint density at radius 3 is 2.57 bits per heavy atom. The summed E-state index contributed by atoms with van der Waals surface area (Å²) in [5, 5.41) is 5.46. The number of carbonyl (C=O) groups is 1. The van der Waals surface area contributed by atoms with Gasteiger partial charge in [0.25, 0.3) is 5.91 Å². The predicted octanol–water partition coefficient (Wildman–Crippen LogP) is 2.30. The van der Waals surface area contributed by atoms with Gasteiger partial charge in [-0.25, -0.2) is 0 Å². The van der Waals surface area contributed by atoms with Crippen molar-refractivity contribution >= 4 is 16.7 Å². The summed E-state index contributed by atoms with van der Waals surface area (Å²) < 4.78 is 0. The summed E-state index contributed by atoms with van der Waals surface area (Å²) >= 11 is 0. The molecule has 6 rings (SSSR count). The van der Waals surface area contributed by atoms with Gasteiger partial charge in [-0.1, -0.05) is 24.3 Å². The fourth-order valence-electron chi connectivity index (χ4n) is 5.08. The number of piperidine rings is 3. The van der Waals surface area contributed by atoms with Crippen LogP contribution in [0.25, 0.3) is 10.8 Å². The predicted molar refractivity (Wildman–Crippen MR) is 89.1 cm³/mol. The fourth-order valence-corrected chi connectivity index (χ4v) is 5.08. The summed E-state index contributed by atoms with van der Waals surface area (Å²) in [4.78, 5) is 19.6. The van der Waals surface area contributed by atoms with Gasteiger partial charge in [0.2, 0.25) is 0 Å². The number of rotatable bonds is 2. The third kappa shape index (κ3) is 2.24. The Labute approximate surface area is 135 Å². The Balaban J connectivity index is 1.38. The summed E-state index contributed by atoms with van der Waals surface area (Å²) in [6.45, 7) is 3.59. The largest absolute Gasteiger partial charge is 0.347 e. The van der Waals surface area contributed by atoms with E-state index in [1.807, 2.05) is 30.3 Å². The van der Waals surface area contributed by atoms with E-state index in [2.05, 4.69) is 15.2 Å². The molecule has 3 aliphatic heterocycles. The number of nitrogens with zero attached hydrogens (tertiary/aromatic N) is 2. The Morgan fingerprint density at radius 2 is 1.83 bits per heavy atom. The van der Waals surface area contributed by atoms with E-state index in [4.69, 9.17) is 0 Å². The average Bonchev–Trinajstić information content (AvgIpc) is 2.57. The molecule has 118 valence electrons. The molecule has 1 aliphatic carbocycles. The lowest BCUT2D eigenvalue weighted by atomic mass is 9.65. The second-order valence-corrected chi connectivity index (χ2v) is 7.49. The van der Waals surface area contributed by atoms with Gasteiger partial charge in [0, 0.05) is 37.3 Å². The summed E-state index contributed by atoms with van der Waals surface area (Å²) in [6.07, 6.45) is 4.36. The molecule has 23 heavy (non-hydrogen) atoms. The van der Waals surface area contributed by atoms with Crippen LogP contribution in [0.4, 0.5) is 0 Å². The maximum Gasteiger partial charge on any atom is 0.270 e. The van der Waals surface area contributed by atoms with Gasteiger partial charge in [-0.3, -0.25) is 9.78 Å². The molecule has 2 aromatic rings. The second kappa shape index (κ2) is 5.03. The van der Waals surface area contributed by atoms with E-state index in [0.717, 1.165) is 29.8 Å². The third-order valence-electron chi connectivity index (χ3n) is 5.95. The van der Waals surface area contributed by atoms with E-state index in [-0.39, 0.29) is 5.91 Å². The molecule has 1 aromatic carbocycles. The van der Waals surface area contributed by atoms with Crippen LogP contribution >= 0.6 is 0 Å². The maximum atomic E-state index is 12.7. The molecule has 2 atom stereocenters. The molecule has 0 spiro atoms. The first-order valence-electron chi connectivity index (χ1n) is 8.64. The van der Waals surface area contributed by atoms with Crippen molar-refractivity contribution < 1.29 is 4.79 Å². The molecule has 4 aliphatic rings. The first-order valence-corrected chi connectivity index (χ1v) is 8.64. The minimum atomic E-state index is -0.0109.